The molecule has 90 valence electrons. The summed E-state index contributed by atoms with van der Waals surface area (Å²) in [5.74, 6) is 0. The van der Waals surface area contributed by atoms with Gasteiger partial charge in [0, 0.05) is 0 Å². The highest BCUT2D eigenvalue weighted by Crippen LogP contribution is 2.32. The van der Waals surface area contributed by atoms with Crippen LogP contribution in [0.5, 0.6) is 0 Å². The molecule has 0 fully saturated rings. The van der Waals surface area contributed by atoms with Gasteiger partial charge in [0.2, 0.25) is 0 Å². The molecule has 0 spiro atoms. The van der Waals surface area contributed by atoms with Gasteiger partial charge < -0.3 is 10.4 Å². The Kier molecular flexibility index (Phi) is 2.95. The van der Waals surface area contributed by atoms with Crippen LogP contribution in [0.3, 0.4) is 0 Å². The maximum Gasteiger partial charge on any atom is 0.423 e. The number of alkyl halides is 3. The van der Waals surface area contributed by atoms with Crippen LogP contribution in [0.4, 0.5) is 18.9 Å². The molecular weight excluding hydrogens is 227 g/mol. The molecule has 1 heterocycles. The SMILES string of the molecule is CC(C)(O)Nc1cn[nH]c(=O)c1C(F)(F)F. The minimum absolute atomic E-state index is 0.566. The zero-order valence-electron chi connectivity index (χ0n) is 8.51. The maximum atomic E-state index is 12.5. The van der Waals surface area contributed by atoms with E-state index in [-0.39, 0.29) is 0 Å². The average Bonchev–Trinajstić information content (AvgIpc) is 1.97. The molecule has 1 aromatic heterocycles. The Hall–Kier alpha value is -1.57. The second kappa shape index (κ2) is 3.78. The van der Waals surface area contributed by atoms with Crippen molar-refractivity contribution in [1.29, 1.82) is 0 Å². The Balaban J connectivity index is 3.30. The number of halogens is 3. The molecule has 8 heteroatoms. The van der Waals surface area contributed by atoms with Crippen LogP contribution in [-0.4, -0.2) is 21.0 Å². The lowest BCUT2D eigenvalue weighted by molar-refractivity contribution is -0.138. The number of H-pyrrole nitrogens is 1. The molecule has 0 unspecified atom stereocenters. The molecular formula is C8H10F3N3O2. The van der Waals surface area contributed by atoms with E-state index in [4.69, 9.17) is 0 Å². The number of hydrogen-bond acceptors (Lipinski definition) is 4. The first-order chi connectivity index (χ1) is 7.11. The molecule has 3 N–H and O–H groups in total. The summed E-state index contributed by atoms with van der Waals surface area (Å²) in [6.07, 6.45) is -4.02. The van der Waals surface area contributed by atoms with E-state index in [9.17, 15) is 23.1 Å². The van der Waals surface area contributed by atoms with Crippen LogP contribution in [0, 0.1) is 0 Å². The van der Waals surface area contributed by atoms with Crippen LogP contribution in [0.15, 0.2) is 11.0 Å². The first-order valence-electron chi connectivity index (χ1n) is 4.27. The van der Waals surface area contributed by atoms with Crippen molar-refractivity contribution in [3.63, 3.8) is 0 Å². The Bertz CT molecular complexity index is 433. The van der Waals surface area contributed by atoms with E-state index in [1.54, 1.807) is 5.10 Å². The highest BCUT2D eigenvalue weighted by molar-refractivity contribution is 5.50. The predicted molar refractivity (Wildman–Crippen MR) is 49.8 cm³/mol. The number of nitrogens with zero attached hydrogens (tertiary/aromatic N) is 1. The number of anilines is 1. The van der Waals surface area contributed by atoms with Crippen molar-refractivity contribution in [2.45, 2.75) is 25.7 Å². The van der Waals surface area contributed by atoms with E-state index < -0.39 is 28.7 Å². The van der Waals surface area contributed by atoms with Crippen molar-refractivity contribution in [2.75, 3.05) is 5.32 Å². The summed E-state index contributed by atoms with van der Waals surface area (Å²) in [7, 11) is 0. The van der Waals surface area contributed by atoms with Gasteiger partial charge in [-0.15, -0.1) is 0 Å². The zero-order chi connectivity index (χ0) is 12.6. The molecule has 0 amide bonds. The second-order valence-corrected chi connectivity index (χ2v) is 3.67. The van der Waals surface area contributed by atoms with Gasteiger partial charge in [0.15, 0.2) is 0 Å². The van der Waals surface area contributed by atoms with E-state index in [0.717, 1.165) is 6.20 Å². The van der Waals surface area contributed by atoms with E-state index in [0.29, 0.717) is 0 Å². The smallest absolute Gasteiger partial charge is 0.372 e. The number of hydrogen-bond donors (Lipinski definition) is 3. The van der Waals surface area contributed by atoms with E-state index in [1.807, 2.05) is 0 Å². The van der Waals surface area contributed by atoms with Gasteiger partial charge in [0.25, 0.3) is 5.56 Å². The van der Waals surface area contributed by atoms with Crippen LogP contribution < -0.4 is 10.9 Å². The lowest BCUT2D eigenvalue weighted by Crippen LogP contribution is -2.34. The molecule has 0 aromatic carbocycles. The third-order valence-electron chi connectivity index (χ3n) is 1.58. The normalized spacial score (nSPS) is 12.6. The number of aliphatic hydroxyl groups is 1. The molecule has 0 radical (unpaired) electrons. The minimum atomic E-state index is -4.82. The predicted octanol–water partition coefficient (Wildman–Crippen LogP) is 0.929. The molecule has 0 aliphatic heterocycles. The van der Waals surface area contributed by atoms with Gasteiger partial charge in [0.05, 0.1) is 11.9 Å². The maximum absolute atomic E-state index is 12.5. The van der Waals surface area contributed by atoms with Gasteiger partial charge in [-0.3, -0.25) is 4.79 Å². The van der Waals surface area contributed by atoms with Crippen molar-refractivity contribution in [2.24, 2.45) is 0 Å². The van der Waals surface area contributed by atoms with Crippen molar-refractivity contribution < 1.29 is 18.3 Å². The molecule has 0 aliphatic rings. The number of aromatic amines is 1. The Morgan fingerprint density at radius 1 is 1.44 bits per heavy atom. The van der Waals surface area contributed by atoms with Gasteiger partial charge in [-0.1, -0.05) is 0 Å². The van der Waals surface area contributed by atoms with Crippen LogP contribution >= 0.6 is 0 Å². The first-order valence-corrected chi connectivity index (χ1v) is 4.27. The Morgan fingerprint density at radius 3 is 2.44 bits per heavy atom. The fourth-order valence-electron chi connectivity index (χ4n) is 1.10. The third kappa shape index (κ3) is 2.96. The molecule has 0 saturated carbocycles. The molecule has 0 saturated heterocycles. The Labute approximate surface area is 88.3 Å². The van der Waals surface area contributed by atoms with Crippen LogP contribution in [0.1, 0.15) is 19.4 Å². The first kappa shape index (κ1) is 12.5. The fraction of sp³-hybridized carbons (Fsp3) is 0.500. The van der Waals surface area contributed by atoms with E-state index >= 15 is 0 Å². The standard InChI is InChI=1S/C8H10F3N3O2/c1-7(2,16)13-4-3-12-14-6(15)5(4)8(9,10)11/h3,16H,1-2H3,(H2,13,14,15). The molecule has 1 rings (SSSR count). The van der Waals surface area contributed by atoms with Crippen LogP contribution in [-0.2, 0) is 6.18 Å². The topological polar surface area (TPSA) is 78.0 Å². The van der Waals surface area contributed by atoms with Gasteiger partial charge in [-0.25, -0.2) is 5.10 Å². The number of aromatic nitrogens is 2. The number of nitrogens with one attached hydrogen (secondary N) is 2. The minimum Gasteiger partial charge on any atom is -0.372 e. The van der Waals surface area contributed by atoms with E-state index in [1.165, 1.54) is 13.8 Å². The highest BCUT2D eigenvalue weighted by atomic mass is 19.4. The van der Waals surface area contributed by atoms with Gasteiger partial charge in [-0.05, 0) is 13.8 Å². The summed E-state index contributed by atoms with van der Waals surface area (Å²) < 4.78 is 37.5. The molecule has 0 bridgehead atoms. The highest BCUT2D eigenvalue weighted by Gasteiger charge is 2.38. The molecule has 16 heavy (non-hydrogen) atoms. The molecule has 1 aromatic rings. The lowest BCUT2D eigenvalue weighted by Gasteiger charge is -2.22. The van der Waals surface area contributed by atoms with Crippen LogP contribution in [0.2, 0.25) is 0 Å². The third-order valence-corrected chi connectivity index (χ3v) is 1.58. The quantitative estimate of drug-likeness (QED) is 0.668. The summed E-state index contributed by atoms with van der Waals surface area (Å²) in [6.45, 7) is 2.49. The number of rotatable bonds is 2. The summed E-state index contributed by atoms with van der Waals surface area (Å²) in [4.78, 5) is 11.0. The zero-order valence-corrected chi connectivity index (χ0v) is 8.51. The lowest BCUT2D eigenvalue weighted by atomic mass is 10.2. The van der Waals surface area contributed by atoms with Crippen molar-refractivity contribution in [1.82, 2.24) is 10.2 Å². The fourth-order valence-corrected chi connectivity index (χ4v) is 1.10. The second-order valence-electron chi connectivity index (χ2n) is 3.67. The Morgan fingerprint density at radius 2 is 2.00 bits per heavy atom. The summed E-state index contributed by atoms with van der Waals surface area (Å²) >= 11 is 0. The monoisotopic (exact) mass is 237 g/mol. The summed E-state index contributed by atoms with van der Waals surface area (Å²) in [6, 6.07) is 0. The summed E-state index contributed by atoms with van der Waals surface area (Å²) in [5.41, 5.74) is -4.93. The molecule has 0 aliphatic carbocycles. The van der Waals surface area contributed by atoms with Crippen molar-refractivity contribution >= 4 is 5.69 Å². The molecule has 0 atom stereocenters. The summed E-state index contributed by atoms with van der Waals surface area (Å²) in [5, 5.41) is 16.4. The van der Waals surface area contributed by atoms with Gasteiger partial charge in [-0.2, -0.15) is 18.3 Å². The van der Waals surface area contributed by atoms with E-state index in [2.05, 4.69) is 10.4 Å². The molecule has 5 nitrogen and oxygen atoms in total. The van der Waals surface area contributed by atoms with Crippen LogP contribution in [0.25, 0.3) is 0 Å². The van der Waals surface area contributed by atoms with Gasteiger partial charge >= 0.3 is 6.18 Å². The average molecular weight is 237 g/mol. The largest absolute Gasteiger partial charge is 0.423 e. The van der Waals surface area contributed by atoms with Gasteiger partial charge in [0.1, 0.15) is 11.3 Å². The van der Waals surface area contributed by atoms with Crippen molar-refractivity contribution in [3.8, 4) is 0 Å². The van der Waals surface area contributed by atoms with Crippen molar-refractivity contribution in [3.05, 3.63) is 22.1 Å².